The van der Waals surface area contributed by atoms with Crippen LogP contribution in [0.25, 0.3) is 0 Å². The van der Waals surface area contributed by atoms with Crippen molar-refractivity contribution in [3.05, 3.63) is 23.9 Å². The van der Waals surface area contributed by atoms with E-state index >= 15 is 0 Å². The summed E-state index contributed by atoms with van der Waals surface area (Å²) in [6.07, 6.45) is 3.84. The maximum absolute atomic E-state index is 12.7. The number of amides is 1. The molecule has 1 atom stereocenters. The molecule has 3 heterocycles. The fourth-order valence-corrected chi connectivity index (χ4v) is 3.07. The number of nitrogens with one attached hydrogen (secondary N) is 1. The lowest BCUT2D eigenvalue weighted by Gasteiger charge is -2.33. The molecule has 1 unspecified atom stereocenters. The van der Waals surface area contributed by atoms with Gasteiger partial charge in [0.1, 0.15) is 11.9 Å². The number of hydrogen-bond donors (Lipinski definition) is 1. The van der Waals surface area contributed by atoms with Crippen LogP contribution in [0.2, 0.25) is 0 Å². The Morgan fingerprint density at radius 2 is 2.15 bits per heavy atom. The van der Waals surface area contributed by atoms with Gasteiger partial charge in [-0.3, -0.25) is 4.79 Å². The molecule has 2 saturated heterocycles. The van der Waals surface area contributed by atoms with E-state index < -0.39 is 0 Å². The van der Waals surface area contributed by atoms with Gasteiger partial charge in [-0.25, -0.2) is 4.98 Å². The van der Waals surface area contributed by atoms with Crippen molar-refractivity contribution in [1.82, 2.24) is 15.2 Å². The molecule has 0 radical (unpaired) electrons. The van der Waals surface area contributed by atoms with Crippen molar-refractivity contribution in [3.63, 3.8) is 0 Å². The zero-order valence-electron chi connectivity index (χ0n) is 12.0. The van der Waals surface area contributed by atoms with Gasteiger partial charge >= 0.3 is 0 Å². The van der Waals surface area contributed by atoms with E-state index in [1.54, 1.807) is 0 Å². The number of aryl methyl sites for hydroxylation is 1. The lowest BCUT2D eigenvalue weighted by atomic mass is 10.1. The first-order valence-corrected chi connectivity index (χ1v) is 7.44. The summed E-state index contributed by atoms with van der Waals surface area (Å²) in [6, 6.07) is 4.04. The molecule has 1 aromatic heterocycles. The first-order chi connectivity index (χ1) is 9.75. The van der Waals surface area contributed by atoms with Gasteiger partial charge in [-0.05, 0) is 37.5 Å². The molecule has 5 heteroatoms. The Bertz CT molecular complexity index is 485. The first-order valence-electron chi connectivity index (χ1n) is 7.44. The van der Waals surface area contributed by atoms with Gasteiger partial charge < -0.3 is 15.1 Å². The van der Waals surface area contributed by atoms with Gasteiger partial charge in [0, 0.05) is 38.9 Å². The van der Waals surface area contributed by atoms with Crippen molar-refractivity contribution in [3.8, 4) is 0 Å². The molecule has 1 amide bonds. The lowest BCUT2D eigenvalue weighted by molar-refractivity contribution is -0.133. The third-order valence-corrected chi connectivity index (χ3v) is 4.16. The Labute approximate surface area is 120 Å². The van der Waals surface area contributed by atoms with Gasteiger partial charge in [-0.2, -0.15) is 0 Å². The summed E-state index contributed by atoms with van der Waals surface area (Å²) in [4.78, 5) is 21.3. The third kappa shape index (κ3) is 2.63. The van der Waals surface area contributed by atoms with E-state index in [9.17, 15) is 4.79 Å². The molecule has 2 fully saturated rings. The minimum Gasteiger partial charge on any atom is -0.345 e. The lowest BCUT2D eigenvalue weighted by Crippen LogP contribution is -2.52. The maximum Gasteiger partial charge on any atom is 0.245 e. The monoisotopic (exact) mass is 274 g/mol. The molecule has 1 aromatic rings. The number of rotatable bonds is 2. The van der Waals surface area contributed by atoms with Crippen LogP contribution in [0.15, 0.2) is 18.3 Å². The molecular weight excluding hydrogens is 252 g/mol. The van der Waals surface area contributed by atoms with Crippen molar-refractivity contribution < 1.29 is 4.79 Å². The van der Waals surface area contributed by atoms with Crippen molar-refractivity contribution >= 4 is 11.7 Å². The number of nitrogens with zero attached hydrogens (tertiary/aromatic N) is 3. The van der Waals surface area contributed by atoms with Crippen LogP contribution >= 0.6 is 0 Å². The van der Waals surface area contributed by atoms with E-state index in [2.05, 4.69) is 28.2 Å². The molecule has 0 aliphatic carbocycles. The van der Waals surface area contributed by atoms with Gasteiger partial charge in [0.25, 0.3) is 0 Å². The van der Waals surface area contributed by atoms with Crippen molar-refractivity contribution in [2.45, 2.75) is 25.8 Å². The molecule has 0 saturated carbocycles. The van der Waals surface area contributed by atoms with Crippen LogP contribution in [0.5, 0.6) is 0 Å². The Morgan fingerprint density at radius 3 is 2.90 bits per heavy atom. The molecule has 20 heavy (non-hydrogen) atoms. The Hall–Kier alpha value is -1.62. The molecule has 0 aromatic carbocycles. The number of hydrogen-bond acceptors (Lipinski definition) is 4. The second-order valence-electron chi connectivity index (χ2n) is 5.62. The molecule has 2 aliphatic rings. The largest absolute Gasteiger partial charge is 0.345 e. The highest BCUT2D eigenvalue weighted by molar-refractivity contribution is 5.85. The highest BCUT2D eigenvalue weighted by Gasteiger charge is 2.34. The number of aromatic nitrogens is 1. The predicted octanol–water partition coefficient (Wildman–Crippen LogP) is 0.791. The Kier molecular flexibility index (Phi) is 3.87. The maximum atomic E-state index is 12.7. The fourth-order valence-electron chi connectivity index (χ4n) is 3.07. The minimum absolute atomic E-state index is 0.0256. The first kappa shape index (κ1) is 13.4. The van der Waals surface area contributed by atoms with Crippen LogP contribution in [0, 0.1) is 6.92 Å². The second kappa shape index (κ2) is 5.79. The number of piperazine rings is 1. The van der Waals surface area contributed by atoms with Crippen LogP contribution in [0.4, 0.5) is 5.82 Å². The summed E-state index contributed by atoms with van der Waals surface area (Å²) < 4.78 is 0. The van der Waals surface area contributed by atoms with Gasteiger partial charge in [0.2, 0.25) is 5.91 Å². The van der Waals surface area contributed by atoms with E-state index in [1.165, 1.54) is 5.56 Å². The normalized spacial score (nSPS) is 23.1. The molecule has 3 rings (SSSR count). The van der Waals surface area contributed by atoms with Crippen LogP contribution in [0.1, 0.15) is 18.4 Å². The summed E-state index contributed by atoms with van der Waals surface area (Å²) in [5.41, 5.74) is 1.19. The standard InChI is InChI=1S/C15H22N4O/c1-12-4-5-17-14(11-12)19-8-2-3-13(19)15(20)18-9-6-16-7-10-18/h4-5,11,13,16H,2-3,6-10H2,1H3. The molecule has 108 valence electrons. The molecule has 2 aliphatic heterocycles. The number of carbonyl (C=O) groups excluding carboxylic acids is 1. The number of pyridine rings is 1. The van der Waals surface area contributed by atoms with E-state index in [4.69, 9.17) is 0 Å². The third-order valence-electron chi connectivity index (χ3n) is 4.16. The SMILES string of the molecule is Cc1ccnc(N2CCCC2C(=O)N2CCNCC2)c1. The average Bonchev–Trinajstić information content (AvgIpc) is 2.97. The van der Waals surface area contributed by atoms with Gasteiger partial charge in [-0.15, -0.1) is 0 Å². The zero-order chi connectivity index (χ0) is 13.9. The van der Waals surface area contributed by atoms with Crippen LogP contribution in [0.3, 0.4) is 0 Å². The average molecular weight is 274 g/mol. The minimum atomic E-state index is -0.0256. The van der Waals surface area contributed by atoms with Crippen molar-refractivity contribution in [1.29, 1.82) is 0 Å². The number of carbonyl (C=O) groups is 1. The summed E-state index contributed by atoms with van der Waals surface area (Å²) in [6.45, 7) is 6.45. The van der Waals surface area contributed by atoms with Gasteiger partial charge in [-0.1, -0.05) is 0 Å². The highest BCUT2D eigenvalue weighted by atomic mass is 16.2. The summed E-state index contributed by atoms with van der Waals surface area (Å²) in [5, 5.41) is 3.29. The van der Waals surface area contributed by atoms with E-state index in [0.717, 1.165) is 51.4 Å². The van der Waals surface area contributed by atoms with Crippen LogP contribution in [-0.2, 0) is 4.79 Å². The van der Waals surface area contributed by atoms with Gasteiger partial charge in [0.05, 0.1) is 0 Å². The topological polar surface area (TPSA) is 48.5 Å². The summed E-state index contributed by atoms with van der Waals surface area (Å²) >= 11 is 0. The van der Waals surface area contributed by atoms with Crippen molar-refractivity contribution in [2.75, 3.05) is 37.6 Å². The summed E-state index contributed by atoms with van der Waals surface area (Å²) in [7, 11) is 0. The zero-order valence-corrected chi connectivity index (χ0v) is 12.0. The molecule has 0 bridgehead atoms. The number of anilines is 1. The van der Waals surface area contributed by atoms with E-state index in [1.807, 2.05) is 17.2 Å². The molecular formula is C15H22N4O. The van der Waals surface area contributed by atoms with Crippen LogP contribution in [-0.4, -0.2) is 54.6 Å². The second-order valence-corrected chi connectivity index (χ2v) is 5.62. The van der Waals surface area contributed by atoms with E-state index in [0.29, 0.717) is 0 Å². The highest BCUT2D eigenvalue weighted by Crippen LogP contribution is 2.25. The summed E-state index contributed by atoms with van der Waals surface area (Å²) in [5.74, 6) is 1.21. The quantitative estimate of drug-likeness (QED) is 0.866. The molecule has 1 N–H and O–H groups in total. The fraction of sp³-hybridized carbons (Fsp3) is 0.600. The van der Waals surface area contributed by atoms with Gasteiger partial charge in [0.15, 0.2) is 0 Å². The predicted molar refractivity (Wildman–Crippen MR) is 78.8 cm³/mol. The Morgan fingerprint density at radius 1 is 1.35 bits per heavy atom. The Balaban J connectivity index is 1.76. The molecule has 5 nitrogen and oxygen atoms in total. The van der Waals surface area contributed by atoms with Crippen LogP contribution < -0.4 is 10.2 Å². The van der Waals surface area contributed by atoms with Crippen molar-refractivity contribution in [2.24, 2.45) is 0 Å². The molecule has 0 spiro atoms. The van der Waals surface area contributed by atoms with E-state index in [-0.39, 0.29) is 11.9 Å². The smallest absolute Gasteiger partial charge is 0.245 e.